The molecule has 3 aromatic rings. The zero-order chi connectivity index (χ0) is 18.7. The van der Waals surface area contributed by atoms with Gasteiger partial charge in [0.2, 0.25) is 5.91 Å². The Labute approximate surface area is 149 Å². The molecule has 6 heteroatoms. The van der Waals surface area contributed by atoms with Crippen LogP contribution >= 0.6 is 0 Å². The number of benzene rings is 2. The van der Waals surface area contributed by atoms with E-state index in [0.29, 0.717) is 16.7 Å². The van der Waals surface area contributed by atoms with Gasteiger partial charge in [0.05, 0.1) is 5.56 Å². The minimum atomic E-state index is -0.571. The van der Waals surface area contributed by atoms with Gasteiger partial charge in [0.1, 0.15) is 12.2 Å². The number of amides is 1. The van der Waals surface area contributed by atoms with E-state index in [1.165, 1.54) is 30.3 Å². The van der Waals surface area contributed by atoms with E-state index >= 15 is 0 Å². The smallest absolute Gasteiger partial charge is 0.338 e. The largest absolute Gasteiger partial charge is 0.457 e. The molecule has 0 atom stereocenters. The fourth-order valence-corrected chi connectivity index (χ4v) is 2.61. The number of aryl methyl sites for hydroxylation is 1. The van der Waals surface area contributed by atoms with Gasteiger partial charge in [-0.25, -0.2) is 9.59 Å². The third-order valence-electron chi connectivity index (χ3n) is 4.07. The molecule has 6 nitrogen and oxygen atoms in total. The summed E-state index contributed by atoms with van der Waals surface area (Å²) in [5.41, 5.74) is 7.35. The van der Waals surface area contributed by atoms with Gasteiger partial charge in [-0.15, -0.1) is 0 Å². The first kappa shape index (κ1) is 17.4. The maximum Gasteiger partial charge on any atom is 0.338 e. The molecule has 2 N–H and O–H groups in total. The van der Waals surface area contributed by atoms with Crippen LogP contribution in [0.3, 0.4) is 0 Å². The van der Waals surface area contributed by atoms with Gasteiger partial charge >= 0.3 is 11.6 Å². The molecular weight excluding hydrogens is 334 g/mol. The topological polar surface area (TPSA) is 99.6 Å². The molecule has 0 aliphatic heterocycles. The van der Waals surface area contributed by atoms with E-state index in [0.717, 1.165) is 17.4 Å². The van der Waals surface area contributed by atoms with Crippen LogP contribution in [0.4, 0.5) is 0 Å². The van der Waals surface area contributed by atoms with Crippen LogP contribution in [0.25, 0.3) is 11.0 Å². The molecular formula is C20H17NO5. The molecule has 0 saturated carbocycles. The molecule has 0 radical (unpaired) electrons. The van der Waals surface area contributed by atoms with E-state index in [-0.39, 0.29) is 12.2 Å². The number of hydrogen-bond donors (Lipinski definition) is 1. The lowest BCUT2D eigenvalue weighted by molar-refractivity contribution is 0.0473. The van der Waals surface area contributed by atoms with Crippen molar-refractivity contribution in [2.45, 2.75) is 20.0 Å². The molecule has 0 fully saturated rings. The predicted molar refractivity (Wildman–Crippen MR) is 95.9 cm³/mol. The van der Waals surface area contributed by atoms with E-state index in [9.17, 15) is 14.4 Å². The van der Waals surface area contributed by atoms with Gasteiger partial charge < -0.3 is 14.9 Å². The second-order valence-electron chi connectivity index (χ2n) is 5.79. The Hall–Kier alpha value is -3.41. The highest BCUT2D eigenvalue weighted by Gasteiger charge is 2.12. The number of esters is 1. The second-order valence-corrected chi connectivity index (χ2v) is 5.79. The standard InChI is InChI=1S/C20H17NO5/c1-2-12-3-8-16-15(10-18(22)26-17(16)9-12)11-25-20(24)14-6-4-13(5-7-14)19(21)23/h3-10H,2,11H2,1H3,(H2,21,23). The third kappa shape index (κ3) is 3.64. The van der Waals surface area contributed by atoms with Crippen molar-refractivity contribution in [1.82, 2.24) is 0 Å². The van der Waals surface area contributed by atoms with Gasteiger partial charge in [-0.2, -0.15) is 0 Å². The van der Waals surface area contributed by atoms with Crippen molar-refractivity contribution in [3.8, 4) is 0 Å². The molecule has 2 aromatic carbocycles. The van der Waals surface area contributed by atoms with Gasteiger partial charge in [-0.1, -0.05) is 19.1 Å². The number of hydrogen-bond acceptors (Lipinski definition) is 5. The van der Waals surface area contributed by atoms with Crippen molar-refractivity contribution in [3.05, 3.63) is 81.2 Å². The Kier molecular flexibility index (Phi) is 4.84. The van der Waals surface area contributed by atoms with E-state index in [2.05, 4.69) is 0 Å². The van der Waals surface area contributed by atoms with E-state index in [1.54, 1.807) is 0 Å². The van der Waals surface area contributed by atoms with E-state index < -0.39 is 17.5 Å². The number of carbonyl (C=O) groups excluding carboxylic acids is 2. The summed E-state index contributed by atoms with van der Waals surface area (Å²) in [6.07, 6.45) is 0.820. The monoisotopic (exact) mass is 351 g/mol. The minimum absolute atomic E-state index is 0.0655. The molecule has 0 aliphatic carbocycles. The lowest BCUT2D eigenvalue weighted by Crippen LogP contribution is -2.12. The van der Waals surface area contributed by atoms with Crippen molar-refractivity contribution in [3.63, 3.8) is 0 Å². The Morgan fingerprint density at radius 1 is 1.04 bits per heavy atom. The summed E-state index contributed by atoms with van der Waals surface area (Å²) in [4.78, 5) is 35.0. The summed E-state index contributed by atoms with van der Waals surface area (Å²) in [5, 5.41) is 0.721. The summed E-state index contributed by atoms with van der Waals surface area (Å²) in [6, 6.07) is 12.8. The third-order valence-corrected chi connectivity index (χ3v) is 4.07. The maximum absolute atomic E-state index is 12.2. The number of fused-ring (bicyclic) bond motifs is 1. The lowest BCUT2D eigenvalue weighted by atomic mass is 10.1. The van der Waals surface area contributed by atoms with Crippen LogP contribution in [0.2, 0.25) is 0 Å². The number of carbonyl (C=O) groups is 2. The molecule has 26 heavy (non-hydrogen) atoms. The van der Waals surface area contributed by atoms with Crippen LogP contribution in [0, 0.1) is 0 Å². The average Bonchev–Trinajstić information content (AvgIpc) is 2.65. The van der Waals surface area contributed by atoms with Gasteiger partial charge in [0, 0.05) is 22.6 Å². The SMILES string of the molecule is CCc1ccc2c(COC(=O)c3ccc(C(N)=O)cc3)cc(=O)oc2c1. The minimum Gasteiger partial charge on any atom is -0.457 e. The van der Waals surface area contributed by atoms with Gasteiger partial charge in [0.15, 0.2) is 0 Å². The summed E-state index contributed by atoms with van der Waals surface area (Å²) < 4.78 is 10.5. The van der Waals surface area contributed by atoms with E-state index in [1.807, 2.05) is 25.1 Å². The van der Waals surface area contributed by atoms with Crippen LogP contribution < -0.4 is 11.4 Å². The molecule has 3 rings (SSSR count). The second kappa shape index (κ2) is 7.23. The summed E-state index contributed by atoms with van der Waals surface area (Å²) in [7, 11) is 0. The van der Waals surface area contributed by atoms with Gasteiger partial charge in [-0.3, -0.25) is 4.79 Å². The summed E-state index contributed by atoms with van der Waals surface area (Å²) >= 11 is 0. The normalized spacial score (nSPS) is 10.7. The van der Waals surface area contributed by atoms with Crippen LogP contribution in [-0.2, 0) is 17.8 Å². The molecule has 0 bridgehead atoms. The molecule has 0 spiro atoms. The molecule has 1 heterocycles. The molecule has 0 saturated heterocycles. The molecule has 0 aliphatic rings. The van der Waals surface area contributed by atoms with Crippen LogP contribution in [0.5, 0.6) is 0 Å². The van der Waals surface area contributed by atoms with Crippen LogP contribution in [0.1, 0.15) is 38.8 Å². The number of nitrogens with two attached hydrogens (primary N) is 1. The zero-order valence-electron chi connectivity index (χ0n) is 14.2. The maximum atomic E-state index is 12.2. The molecule has 132 valence electrons. The van der Waals surface area contributed by atoms with Crippen LogP contribution in [-0.4, -0.2) is 11.9 Å². The highest BCUT2D eigenvalue weighted by atomic mass is 16.5. The number of primary amides is 1. The van der Waals surface area contributed by atoms with Crippen molar-refractivity contribution in [2.75, 3.05) is 0 Å². The highest BCUT2D eigenvalue weighted by molar-refractivity contribution is 5.95. The quantitative estimate of drug-likeness (QED) is 0.563. The highest BCUT2D eigenvalue weighted by Crippen LogP contribution is 2.20. The average molecular weight is 351 g/mol. The first-order chi connectivity index (χ1) is 12.5. The Morgan fingerprint density at radius 2 is 1.73 bits per heavy atom. The number of ether oxygens (including phenoxy) is 1. The van der Waals surface area contributed by atoms with Crippen molar-refractivity contribution >= 4 is 22.8 Å². The summed E-state index contributed by atoms with van der Waals surface area (Å²) in [6.45, 7) is 1.94. The number of rotatable bonds is 5. The Balaban J connectivity index is 1.81. The Morgan fingerprint density at radius 3 is 2.38 bits per heavy atom. The predicted octanol–water partition coefficient (Wildman–Crippen LogP) is 2.81. The lowest BCUT2D eigenvalue weighted by Gasteiger charge is -2.08. The zero-order valence-corrected chi connectivity index (χ0v) is 14.2. The Bertz CT molecular complexity index is 1030. The van der Waals surface area contributed by atoms with Gasteiger partial charge in [-0.05, 0) is 42.3 Å². The fraction of sp³-hybridized carbons (Fsp3) is 0.150. The molecule has 0 unspecified atom stereocenters. The summed E-state index contributed by atoms with van der Waals surface area (Å²) in [5.74, 6) is -1.13. The van der Waals surface area contributed by atoms with Crippen molar-refractivity contribution in [1.29, 1.82) is 0 Å². The van der Waals surface area contributed by atoms with Crippen LogP contribution in [0.15, 0.2) is 57.7 Å². The molecule has 1 aromatic heterocycles. The fourth-order valence-electron chi connectivity index (χ4n) is 2.61. The first-order valence-corrected chi connectivity index (χ1v) is 8.10. The van der Waals surface area contributed by atoms with Crippen molar-refractivity contribution < 1.29 is 18.7 Å². The molecule has 1 amide bonds. The van der Waals surface area contributed by atoms with Crippen molar-refractivity contribution in [2.24, 2.45) is 5.73 Å². The first-order valence-electron chi connectivity index (χ1n) is 8.10. The van der Waals surface area contributed by atoms with E-state index in [4.69, 9.17) is 14.9 Å². The van der Waals surface area contributed by atoms with Gasteiger partial charge in [0.25, 0.3) is 0 Å².